The van der Waals surface area contributed by atoms with E-state index in [0.29, 0.717) is 5.92 Å². The van der Waals surface area contributed by atoms with Crippen molar-refractivity contribution in [1.82, 2.24) is 4.90 Å². The van der Waals surface area contributed by atoms with E-state index in [1.807, 2.05) is 0 Å². The van der Waals surface area contributed by atoms with E-state index in [2.05, 4.69) is 6.92 Å². The van der Waals surface area contributed by atoms with Crippen LogP contribution in [0.3, 0.4) is 0 Å². The summed E-state index contributed by atoms with van der Waals surface area (Å²) in [6.07, 6.45) is 6.55. The lowest BCUT2D eigenvalue weighted by Crippen LogP contribution is -2.41. The maximum Gasteiger partial charge on any atom is 0.323 e. The molecular formula is C14H23NO4. The van der Waals surface area contributed by atoms with E-state index in [1.165, 1.54) is 11.3 Å². The average molecular weight is 269 g/mol. The minimum absolute atomic E-state index is 0.0266. The molecule has 2 fully saturated rings. The van der Waals surface area contributed by atoms with Crippen LogP contribution in [0.5, 0.6) is 0 Å². The number of carbonyl (C=O) groups excluding carboxylic acids is 1. The molecule has 0 saturated heterocycles. The first kappa shape index (κ1) is 14.3. The number of ether oxygens (including phenoxy) is 1. The van der Waals surface area contributed by atoms with Gasteiger partial charge in [0.05, 0.1) is 6.10 Å². The third-order valence-corrected chi connectivity index (χ3v) is 4.07. The van der Waals surface area contributed by atoms with Gasteiger partial charge in [-0.25, -0.2) is 0 Å². The number of carboxylic acids is 1. The molecule has 5 nitrogen and oxygen atoms in total. The minimum atomic E-state index is -0.953. The highest BCUT2D eigenvalue weighted by Crippen LogP contribution is 2.28. The molecule has 2 rings (SSSR count). The fraction of sp³-hybridized carbons (Fsp3) is 0.857. The smallest absolute Gasteiger partial charge is 0.323 e. The predicted molar refractivity (Wildman–Crippen MR) is 69.7 cm³/mol. The lowest BCUT2D eigenvalue weighted by Gasteiger charge is -2.29. The second-order valence-corrected chi connectivity index (χ2v) is 5.76. The molecule has 0 aromatic heterocycles. The van der Waals surface area contributed by atoms with Crippen molar-refractivity contribution in [2.24, 2.45) is 5.92 Å². The molecule has 2 unspecified atom stereocenters. The minimum Gasteiger partial charge on any atom is -0.480 e. The Kier molecular flexibility index (Phi) is 4.80. The first-order valence-corrected chi connectivity index (χ1v) is 7.21. The second-order valence-electron chi connectivity index (χ2n) is 5.76. The van der Waals surface area contributed by atoms with Crippen molar-refractivity contribution in [3.05, 3.63) is 0 Å². The Morgan fingerprint density at radius 3 is 2.47 bits per heavy atom. The summed E-state index contributed by atoms with van der Waals surface area (Å²) >= 11 is 0. The van der Waals surface area contributed by atoms with Crippen LogP contribution in [0.1, 0.15) is 45.4 Å². The van der Waals surface area contributed by atoms with Gasteiger partial charge in [-0.1, -0.05) is 19.8 Å². The number of aliphatic carboxylic acids is 1. The predicted octanol–water partition coefficient (Wildman–Crippen LogP) is 1.66. The van der Waals surface area contributed by atoms with Crippen LogP contribution < -0.4 is 0 Å². The van der Waals surface area contributed by atoms with Crippen molar-refractivity contribution in [2.75, 3.05) is 13.2 Å². The zero-order chi connectivity index (χ0) is 13.8. The number of carbonyl (C=O) groups is 2. The quantitative estimate of drug-likeness (QED) is 0.796. The topological polar surface area (TPSA) is 66.8 Å². The molecule has 0 bridgehead atoms. The van der Waals surface area contributed by atoms with Crippen LogP contribution in [0.2, 0.25) is 0 Å². The van der Waals surface area contributed by atoms with Crippen molar-refractivity contribution in [3.63, 3.8) is 0 Å². The van der Waals surface area contributed by atoms with Crippen molar-refractivity contribution in [2.45, 2.75) is 57.6 Å². The van der Waals surface area contributed by atoms with E-state index in [-0.39, 0.29) is 31.2 Å². The summed E-state index contributed by atoms with van der Waals surface area (Å²) in [5.41, 5.74) is 0. The lowest BCUT2D eigenvalue weighted by molar-refractivity contribution is -0.149. The molecule has 2 saturated carbocycles. The van der Waals surface area contributed by atoms with Gasteiger partial charge in [-0.05, 0) is 31.6 Å². The van der Waals surface area contributed by atoms with Crippen molar-refractivity contribution in [1.29, 1.82) is 0 Å². The van der Waals surface area contributed by atoms with Crippen LogP contribution in [-0.2, 0) is 14.3 Å². The molecule has 0 aromatic carbocycles. The first-order chi connectivity index (χ1) is 9.08. The van der Waals surface area contributed by atoms with Crippen LogP contribution >= 0.6 is 0 Å². The molecule has 0 heterocycles. The Hall–Kier alpha value is -1.10. The average Bonchev–Trinajstić information content (AvgIpc) is 3.18. The van der Waals surface area contributed by atoms with Gasteiger partial charge in [-0.3, -0.25) is 9.59 Å². The SMILES string of the molecule is CC1CCCCC1OCC(=O)N(CC(=O)O)C1CC1. The molecule has 1 N–H and O–H groups in total. The van der Waals surface area contributed by atoms with E-state index in [4.69, 9.17) is 9.84 Å². The van der Waals surface area contributed by atoms with Gasteiger partial charge >= 0.3 is 5.97 Å². The molecule has 0 aliphatic heterocycles. The summed E-state index contributed by atoms with van der Waals surface area (Å²) in [5.74, 6) is -0.635. The van der Waals surface area contributed by atoms with Gasteiger partial charge in [-0.2, -0.15) is 0 Å². The normalized spacial score (nSPS) is 27.0. The Labute approximate surface area is 113 Å². The van der Waals surface area contributed by atoms with Crippen LogP contribution in [0.15, 0.2) is 0 Å². The van der Waals surface area contributed by atoms with Gasteiger partial charge in [0, 0.05) is 6.04 Å². The summed E-state index contributed by atoms with van der Waals surface area (Å²) in [7, 11) is 0. The van der Waals surface area contributed by atoms with Gasteiger partial charge in [0.1, 0.15) is 13.2 Å². The van der Waals surface area contributed by atoms with E-state index >= 15 is 0 Å². The summed E-state index contributed by atoms with van der Waals surface area (Å²) in [6, 6.07) is 0.121. The largest absolute Gasteiger partial charge is 0.480 e. The number of rotatable bonds is 6. The molecule has 0 spiro atoms. The maximum absolute atomic E-state index is 12.0. The third kappa shape index (κ3) is 4.20. The lowest BCUT2D eigenvalue weighted by atomic mass is 9.88. The number of hydrogen-bond acceptors (Lipinski definition) is 3. The van der Waals surface area contributed by atoms with Crippen LogP contribution in [0.25, 0.3) is 0 Å². The van der Waals surface area contributed by atoms with Gasteiger partial charge in [0.15, 0.2) is 0 Å². The van der Waals surface area contributed by atoms with Crippen LogP contribution in [0, 0.1) is 5.92 Å². The highest BCUT2D eigenvalue weighted by molar-refractivity contribution is 5.82. The molecular weight excluding hydrogens is 246 g/mol. The summed E-state index contributed by atoms with van der Waals surface area (Å²) in [5, 5.41) is 8.83. The first-order valence-electron chi connectivity index (χ1n) is 7.21. The van der Waals surface area contributed by atoms with Crippen molar-refractivity contribution in [3.8, 4) is 0 Å². The number of hydrogen-bond donors (Lipinski definition) is 1. The van der Waals surface area contributed by atoms with Gasteiger partial charge < -0.3 is 14.7 Å². The second kappa shape index (κ2) is 6.37. The van der Waals surface area contributed by atoms with Gasteiger partial charge in [-0.15, -0.1) is 0 Å². The van der Waals surface area contributed by atoms with E-state index in [0.717, 1.165) is 32.1 Å². The molecule has 108 valence electrons. The summed E-state index contributed by atoms with van der Waals surface area (Å²) in [4.78, 5) is 24.3. The number of nitrogens with zero attached hydrogens (tertiary/aromatic N) is 1. The Balaban J connectivity index is 1.79. The van der Waals surface area contributed by atoms with E-state index in [9.17, 15) is 9.59 Å². The molecule has 0 aromatic rings. The van der Waals surface area contributed by atoms with Crippen LogP contribution in [0.4, 0.5) is 0 Å². The van der Waals surface area contributed by atoms with Crippen molar-refractivity contribution >= 4 is 11.9 Å². The van der Waals surface area contributed by atoms with Gasteiger partial charge in [0.25, 0.3) is 0 Å². The fourth-order valence-corrected chi connectivity index (χ4v) is 2.74. The molecule has 2 aliphatic rings. The fourth-order valence-electron chi connectivity index (χ4n) is 2.74. The maximum atomic E-state index is 12.0. The zero-order valence-electron chi connectivity index (χ0n) is 11.5. The van der Waals surface area contributed by atoms with Crippen molar-refractivity contribution < 1.29 is 19.4 Å². The molecule has 2 atom stereocenters. The Morgan fingerprint density at radius 2 is 1.89 bits per heavy atom. The van der Waals surface area contributed by atoms with E-state index in [1.54, 1.807) is 0 Å². The summed E-state index contributed by atoms with van der Waals surface area (Å²) in [6.45, 7) is 1.98. The van der Waals surface area contributed by atoms with Crippen LogP contribution in [-0.4, -0.2) is 47.2 Å². The Bertz CT molecular complexity index is 340. The highest BCUT2D eigenvalue weighted by atomic mass is 16.5. The Morgan fingerprint density at radius 1 is 1.21 bits per heavy atom. The van der Waals surface area contributed by atoms with Gasteiger partial charge in [0.2, 0.25) is 5.91 Å². The molecule has 0 radical (unpaired) electrons. The standard InChI is InChI=1S/C14H23NO4/c1-10-4-2-3-5-12(10)19-9-13(16)15(8-14(17)18)11-6-7-11/h10-12H,2-9H2,1H3,(H,17,18). The number of amides is 1. The molecule has 1 amide bonds. The third-order valence-electron chi connectivity index (χ3n) is 4.07. The monoisotopic (exact) mass is 269 g/mol. The number of carboxylic acid groups (broad SMARTS) is 1. The zero-order valence-corrected chi connectivity index (χ0v) is 11.5. The molecule has 19 heavy (non-hydrogen) atoms. The molecule has 2 aliphatic carbocycles. The van der Waals surface area contributed by atoms with E-state index < -0.39 is 5.97 Å². The molecule has 5 heteroatoms. The highest BCUT2D eigenvalue weighted by Gasteiger charge is 2.34. The summed E-state index contributed by atoms with van der Waals surface area (Å²) < 4.78 is 5.71.